The van der Waals surface area contributed by atoms with Gasteiger partial charge in [-0.15, -0.1) is 6.58 Å². The lowest BCUT2D eigenvalue weighted by Gasteiger charge is -2.34. The Hall–Kier alpha value is -3.82. The molecule has 9 nitrogen and oxygen atoms in total. The first-order chi connectivity index (χ1) is 18.9. The van der Waals surface area contributed by atoms with Crippen molar-refractivity contribution in [2.24, 2.45) is 0 Å². The average molecular weight is 526 g/mol. The number of anilines is 1. The molecule has 1 aliphatic carbocycles. The topological polar surface area (TPSA) is 92.3 Å². The van der Waals surface area contributed by atoms with Crippen molar-refractivity contribution in [2.75, 3.05) is 38.1 Å². The van der Waals surface area contributed by atoms with Crippen LogP contribution in [0.1, 0.15) is 42.4 Å². The van der Waals surface area contributed by atoms with Crippen LogP contribution in [0.15, 0.2) is 60.0 Å². The van der Waals surface area contributed by atoms with Crippen LogP contribution in [0.3, 0.4) is 0 Å². The molecular weight excluding hydrogens is 490 g/mol. The van der Waals surface area contributed by atoms with Gasteiger partial charge in [-0.1, -0.05) is 31.2 Å². The lowest BCUT2D eigenvalue weighted by atomic mass is 9.98. The maximum absolute atomic E-state index is 13.3. The molecule has 0 amide bonds. The third kappa shape index (κ3) is 4.55. The molecule has 0 radical (unpaired) electrons. The molecule has 4 aromatic rings. The maximum Gasteiger partial charge on any atom is 0.278 e. The van der Waals surface area contributed by atoms with E-state index in [1.54, 1.807) is 21.6 Å². The van der Waals surface area contributed by atoms with E-state index >= 15 is 0 Å². The summed E-state index contributed by atoms with van der Waals surface area (Å²) in [7, 11) is 2.16. The van der Waals surface area contributed by atoms with Crippen LogP contribution < -0.4 is 10.5 Å². The summed E-state index contributed by atoms with van der Waals surface area (Å²) in [6.07, 6.45) is 5.88. The summed E-state index contributed by atoms with van der Waals surface area (Å²) in [6.45, 7) is 10.3. The molecule has 39 heavy (non-hydrogen) atoms. The second kappa shape index (κ2) is 10.1. The Morgan fingerprint density at radius 2 is 1.85 bits per heavy atom. The summed E-state index contributed by atoms with van der Waals surface area (Å²) in [5, 5.41) is 11.6. The zero-order valence-corrected chi connectivity index (χ0v) is 22.7. The summed E-state index contributed by atoms with van der Waals surface area (Å²) in [6, 6.07) is 12.5. The number of fused-ring (bicyclic) bond motifs is 2. The van der Waals surface area contributed by atoms with Crippen LogP contribution >= 0.6 is 0 Å². The maximum atomic E-state index is 13.3. The molecular formula is C30H35N7O2. The second-order valence-corrected chi connectivity index (χ2v) is 10.7. The molecule has 202 valence electrons. The summed E-state index contributed by atoms with van der Waals surface area (Å²) in [4.78, 5) is 32.4. The number of piperazine rings is 1. The number of likely N-dealkylation sites (N-methyl/N-ethyl adjacent to an activating group) is 1. The molecule has 0 spiro atoms. The minimum atomic E-state index is -0.950. The number of aryl methyl sites for hydroxylation is 1. The molecule has 2 aliphatic rings. The van der Waals surface area contributed by atoms with E-state index in [0.29, 0.717) is 54.2 Å². The number of aliphatic hydroxyl groups is 1. The van der Waals surface area contributed by atoms with Gasteiger partial charge in [-0.2, -0.15) is 0 Å². The number of hydrogen-bond donors (Lipinski definition) is 1. The first-order valence-corrected chi connectivity index (χ1v) is 13.7. The fraction of sp³-hybridized carbons (Fsp3) is 0.400. The van der Waals surface area contributed by atoms with E-state index in [0.717, 1.165) is 43.7 Å². The highest BCUT2D eigenvalue weighted by Gasteiger charge is 2.37. The number of rotatable bonds is 7. The highest BCUT2D eigenvalue weighted by molar-refractivity contribution is 5.75. The molecule has 0 bridgehead atoms. The van der Waals surface area contributed by atoms with Crippen LogP contribution in [0.25, 0.3) is 16.9 Å². The standard InChI is InChI=1S/C30H35N7O2/c1-4-14-36-29(38)24-20-31-25(19-21-6-9-23(10-7-21)35-17-15-34(3)16-18-35)32-28(24)37(36)26-11-8-22-12-13-30(39,5-2)27(22)33-26/h4,6-11,20,39H,1,5,12-19H2,2-3H3/t30-/m1/s1. The molecule has 9 heteroatoms. The molecule has 0 unspecified atom stereocenters. The van der Waals surface area contributed by atoms with Gasteiger partial charge in [0.2, 0.25) is 0 Å². The Morgan fingerprint density at radius 1 is 1.08 bits per heavy atom. The first-order valence-electron chi connectivity index (χ1n) is 13.7. The number of benzene rings is 1. The highest BCUT2D eigenvalue weighted by atomic mass is 16.3. The van der Waals surface area contributed by atoms with E-state index in [1.165, 1.54) is 5.69 Å². The van der Waals surface area contributed by atoms with Gasteiger partial charge >= 0.3 is 0 Å². The predicted octanol–water partition coefficient (Wildman–Crippen LogP) is 3.05. The van der Waals surface area contributed by atoms with Crippen LogP contribution in [0.4, 0.5) is 5.69 Å². The van der Waals surface area contributed by atoms with Gasteiger partial charge < -0.3 is 14.9 Å². The Balaban J connectivity index is 1.36. The Bertz CT molecular complexity index is 1580. The molecule has 3 aromatic heterocycles. The normalized spacial score (nSPS) is 19.5. The van der Waals surface area contributed by atoms with Crippen molar-refractivity contribution in [3.05, 3.63) is 88.2 Å². The van der Waals surface area contributed by atoms with Crippen molar-refractivity contribution < 1.29 is 5.11 Å². The third-order valence-corrected chi connectivity index (χ3v) is 8.21. The van der Waals surface area contributed by atoms with Gasteiger partial charge in [-0.05, 0) is 55.6 Å². The van der Waals surface area contributed by atoms with Gasteiger partial charge in [-0.3, -0.25) is 4.79 Å². The number of nitrogens with zero attached hydrogens (tertiary/aromatic N) is 7. The van der Waals surface area contributed by atoms with Crippen molar-refractivity contribution in [3.63, 3.8) is 0 Å². The average Bonchev–Trinajstić information content (AvgIpc) is 3.43. The molecule has 1 fully saturated rings. The largest absolute Gasteiger partial charge is 0.384 e. The molecule has 1 aliphatic heterocycles. The molecule has 1 N–H and O–H groups in total. The highest BCUT2D eigenvalue weighted by Crippen LogP contribution is 2.38. The van der Waals surface area contributed by atoms with Gasteiger partial charge in [0.25, 0.3) is 5.56 Å². The summed E-state index contributed by atoms with van der Waals surface area (Å²) >= 11 is 0. The van der Waals surface area contributed by atoms with Gasteiger partial charge in [0.05, 0.1) is 12.2 Å². The van der Waals surface area contributed by atoms with Gasteiger partial charge in [0.1, 0.15) is 16.8 Å². The van der Waals surface area contributed by atoms with E-state index in [-0.39, 0.29) is 5.56 Å². The SMILES string of the molecule is C=CCn1c(=O)c2cnc(Cc3ccc(N4CCN(C)CC4)cc3)nc2n1-c1ccc2c(n1)[C@@](O)(CC)CC2. The van der Waals surface area contributed by atoms with Gasteiger partial charge in [-0.25, -0.2) is 24.3 Å². The number of aromatic nitrogens is 5. The zero-order chi connectivity index (χ0) is 27.1. The van der Waals surface area contributed by atoms with Crippen LogP contribution in [-0.4, -0.2) is 67.5 Å². The fourth-order valence-electron chi connectivity index (χ4n) is 5.75. The monoisotopic (exact) mass is 525 g/mol. The van der Waals surface area contributed by atoms with Gasteiger partial charge in [0.15, 0.2) is 11.5 Å². The predicted molar refractivity (Wildman–Crippen MR) is 153 cm³/mol. The van der Waals surface area contributed by atoms with E-state index in [1.807, 2.05) is 19.1 Å². The fourth-order valence-corrected chi connectivity index (χ4v) is 5.75. The Labute approximate surface area is 228 Å². The Morgan fingerprint density at radius 3 is 2.56 bits per heavy atom. The number of hydrogen-bond acceptors (Lipinski definition) is 7. The minimum Gasteiger partial charge on any atom is -0.384 e. The molecule has 0 saturated carbocycles. The number of allylic oxidation sites excluding steroid dienone is 1. The lowest BCUT2D eigenvalue weighted by Crippen LogP contribution is -2.44. The van der Waals surface area contributed by atoms with Crippen LogP contribution in [0, 0.1) is 0 Å². The van der Waals surface area contributed by atoms with Gasteiger partial charge in [0, 0.05) is 44.5 Å². The molecule has 6 rings (SSSR count). The summed E-state index contributed by atoms with van der Waals surface area (Å²) in [5.74, 6) is 1.18. The van der Waals surface area contributed by atoms with Crippen molar-refractivity contribution in [1.29, 1.82) is 0 Å². The molecule has 1 aromatic carbocycles. The van der Waals surface area contributed by atoms with Crippen molar-refractivity contribution in [1.82, 2.24) is 29.2 Å². The zero-order valence-electron chi connectivity index (χ0n) is 22.7. The van der Waals surface area contributed by atoms with Crippen molar-refractivity contribution in [3.8, 4) is 5.82 Å². The molecule has 1 atom stereocenters. The first kappa shape index (κ1) is 25.5. The third-order valence-electron chi connectivity index (χ3n) is 8.21. The molecule has 4 heterocycles. The van der Waals surface area contributed by atoms with Crippen LogP contribution in [0.5, 0.6) is 0 Å². The van der Waals surface area contributed by atoms with Crippen LogP contribution in [0.2, 0.25) is 0 Å². The van der Waals surface area contributed by atoms with E-state index in [9.17, 15) is 9.90 Å². The Kier molecular flexibility index (Phi) is 6.56. The van der Waals surface area contributed by atoms with Crippen LogP contribution in [-0.2, 0) is 25.0 Å². The number of pyridine rings is 1. The van der Waals surface area contributed by atoms with E-state index in [2.05, 4.69) is 52.7 Å². The van der Waals surface area contributed by atoms with Crippen molar-refractivity contribution >= 4 is 16.7 Å². The second-order valence-electron chi connectivity index (χ2n) is 10.7. The minimum absolute atomic E-state index is 0.193. The van der Waals surface area contributed by atoms with Crippen molar-refractivity contribution in [2.45, 2.75) is 44.8 Å². The lowest BCUT2D eigenvalue weighted by molar-refractivity contribution is 0.0306. The smallest absolute Gasteiger partial charge is 0.278 e. The van der Waals surface area contributed by atoms with E-state index < -0.39 is 5.60 Å². The quantitative estimate of drug-likeness (QED) is 0.371. The summed E-state index contributed by atoms with van der Waals surface area (Å²) < 4.78 is 3.32. The van der Waals surface area contributed by atoms with E-state index in [4.69, 9.17) is 9.97 Å². The molecule has 1 saturated heterocycles. The summed E-state index contributed by atoms with van der Waals surface area (Å²) in [5.41, 5.74) is 3.44.